The predicted molar refractivity (Wildman–Crippen MR) is 116 cm³/mol. The van der Waals surface area contributed by atoms with Crippen LogP contribution in [0, 0.1) is 5.92 Å². The Hall–Kier alpha value is -0.870. The van der Waals surface area contributed by atoms with Gasteiger partial charge in [-0.15, -0.1) is 24.0 Å². The lowest BCUT2D eigenvalue weighted by Crippen LogP contribution is -2.44. The summed E-state index contributed by atoms with van der Waals surface area (Å²) in [5.74, 6) is 1.08. The third-order valence-corrected chi connectivity index (χ3v) is 4.98. The maximum Gasteiger partial charge on any atom is 0.213 e. The van der Waals surface area contributed by atoms with Crippen LogP contribution < -0.4 is 15.4 Å². The lowest BCUT2D eigenvalue weighted by Gasteiger charge is -2.20. The van der Waals surface area contributed by atoms with Crippen LogP contribution in [0.3, 0.4) is 0 Å². The van der Waals surface area contributed by atoms with Crippen molar-refractivity contribution < 1.29 is 8.42 Å². The Labute approximate surface area is 169 Å². The van der Waals surface area contributed by atoms with E-state index in [0.717, 1.165) is 12.1 Å². The van der Waals surface area contributed by atoms with Gasteiger partial charge in [-0.2, -0.15) is 0 Å². The Bertz CT molecular complexity index is 606. The van der Waals surface area contributed by atoms with Crippen molar-refractivity contribution in [3.05, 3.63) is 35.9 Å². The molecule has 0 aromatic heterocycles. The van der Waals surface area contributed by atoms with Gasteiger partial charge in [0.05, 0.1) is 12.3 Å². The van der Waals surface area contributed by atoms with Crippen LogP contribution in [0.5, 0.6) is 0 Å². The van der Waals surface area contributed by atoms with Gasteiger partial charge < -0.3 is 10.6 Å². The molecular weight excluding hydrogens is 451 g/mol. The highest BCUT2D eigenvalue weighted by Gasteiger charge is 2.11. The zero-order valence-corrected chi connectivity index (χ0v) is 18.6. The maximum absolute atomic E-state index is 12.1. The van der Waals surface area contributed by atoms with Crippen LogP contribution in [0.2, 0.25) is 0 Å². The van der Waals surface area contributed by atoms with Crippen LogP contribution >= 0.6 is 24.0 Å². The van der Waals surface area contributed by atoms with E-state index in [2.05, 4.69) is 41.1 Å². The molecule has 0 aliphatic carbocycles. The molecule has 0 saturated heterocycles. The summed E-state index contributed by atoms with van der Waals surface area (Å²) in [5.41, 5.74) is 0.935. The molecule has 8 heteroatoms. The van der Waals surface area contributed by atoms with Gasteiger partial charge in [0.2, 0.25) is 10.0 Å². The summed E-state index contributed by atoms with van der Waals surface area (Å²) in [6.45, 7) is 9.55. The Morgan fingerprint density at radius 2 is 1.80 bits per heavy atom. The first kappa shape index (κ1) is 24.1. The number of nitrogens with zero attached hydrogens (tertiary/aromatic N) is 1. The number of hydrogen-bond donors (Lipinski definition) is 3. The predicted octanol–water partition coefficient (Wildman–Crippen LogP) is 2.32. The number of nitrogens with one attached hydrogen (secondary N) is 3. The van der Waals surface area contributed by atoms with Gasteiger partial charge in [0.15, 0.2) is 5.96 Å². The van der Waals surface area contributed by atoms with Gasteiger partial charge in [0.25, 0.3) is 0 Å². The maximum atomic E-state index is 12.1. The summed E-state index contributed by atoms with van der Waals surface area (Å²) in [6, 6.07) is 9.72. The fraction of sp³-hybridized carbons (Fsp3) is 0.588. The largest absolute Gasteiger partial charge is 0.357 e. The van der Waals surface area contributed by atoms with E-state index in [4.69, 9.17) is 0 Å². The second kappa shape index (κ2) is 12.5. The molecule has 0 heterocycles. The minimum atomic E-state index is -3.35. The fourth-order valence-electron chi connectivity index (χ4n) is 1.84. The molecule has 1 unspecified atom stereocenters. The van der Waals surface area contributed by atoms with Gasteiger partial charge in [-0.1, -0.05) is 44.2 Å². The Morgan fingerprint density at radius 3 is 2.36 bits per heavy atom. The van der Waals surface area contributed by atoms with E-state index < -0.39 is 10.0 Å². The van der Waals surface area contributed by atoms with Gasteiger partial charge in [-0.05, 0) is 25.3 Å². The van der Waals surface area contributed by atoms with Crippen molar-refractivity contribution in [2.24, 2.45) is 10.9 Å². The van der Waals surface area contributed by atoms with E-state index in [9.17, 15) is 8.42 Å². The summed E-state index contributed by atoms with van der Waals surface area (Å²) >= 11 is 0. The van der Waals surface area contributed by atoms with Gasteiger partial charge >= 0.3 is 0 Å². The number of guanidine groups is 1. The first-order chi connectivity index (χ1) is 11.3. The molecule has 0 saturated carbocycles. The van der Waals surface area contributed by atoms with E-state index in [1.54, 1.807) is 0 Å². The first-order valence-corrected chi connectivity index (χ1v) is 10.1. The quantitative estimate of drug-likeness (QED) is 0.287. The van der Waals surface area contributed by atoms with Crippen LogP contribution in [-0.4, -0.2) is 39.3 Å². The second-order valence-electron chi connectivity index (χ2n) is 6.06. The average Bonchev–Trinajstić information content (AvgIpc) is 2.54. The highest BCUT2D eigenvalue weighted by molar-refractivity contribution is 14.0. The molecule has 0 aliphatic heterocycles. The van der Waals surface area contributed by atoms with Gasteiger partial charge in [-0.25, -0.2) is 13.1 Å². The molecule has 144 valence electrons. The Balaban J connectivity index is 0.00000576. The van der Waals surface area contributed by atoms with Crippen molar-refractivity contribution in [2.45, 2.75) is 40.3 Å². The third-order valence-electron chi connectivity index (χ3n) is 3.68. The molecular formula is C17H31IN4O2S. The molecule has 3 N–H and O–H groups in total. The molecule has 6 nitrogen and oxygen atoms in total. The Kier molecular flexibility index (Phi) is 12.0. The molecule has 0 fully saturated rings. The van der Waals surface area contributed by atoms with Crippen molar-refractivity contribution in [2.75, 3.05) is 18.8 Å². The molecule has 0 aliphatic rings. The van der Waals surface area contributed by atoms with E-state index in [1.165, 1.54) is 0 Å². The minimum Gasteiger partial charge on any atom is -0.357 e. The zero-order valence-electron chi connectivity index (χ0n) is 15.5. The SMILES string of the molecule is CCNC(=NCCS(=O)(=O)NCc1ccccc1)NC(C)C(C)C.I. The van der Waals surface area contributed by atoms with Crippen molar-refractivity contribution in [1.29, 1.82) is 0 Å². The topological polar surface area (TPSA) is 82.6 Å². The highest BCUT2D eigenvalue weighted by atomic mass is 127. The number of hydrogen-bond acceptors (Lipinski definition) is 3. The highest BCUT2D eigenvalue weighted by Crippen LogP contribution is 2.00. The minimum absolute atomic E-state index is 0. The molecule has 1 atom stereocenters. The molecule has 1 aromatic rings. The van der Waals surface area contributed by atoms with Crippen molar-refractivity contribution in [3.63, 3.8) is 0 Å². The standard InChI is InChI=1S/C17H30N4O2S.HI/c1-5-18-17(21-15(4)14(2)3)19-11-12-24(22,23)20-13-16-9-7-6-8-10-16;/h6-10,14-15,20H,5,11-13H2,1-4H3,(H2,18,19,21);1H. The summed E-state index contributed by atoms with van der Waals surface area (Å²) in [7, 11) is -3.35. The number of aliphatic imine (C=N–C) groups is 1. The zero-order chi connectivity index (χ0) is 18.0. The van der Waals surface area contributed by atoms with Gasteiger partial charge in [-0.3, -0.25) is 4.99 Å². The smallest absolute Gasteiger partial charge is 0.213 e. The van der Waals surface area contributed by atoms with Crippen LogP contribution in [0.15, 0.2) is 35.3 Å². The molecule has 0 bridgehead atoms. The average molecular weight is 482 g/mol. The van der Waals surface area contributed by atoms with E-state index >= 15 is 0 Å². The molecule has 1 aromatic carbocycles. The van der Waals surface area contributed by atoms with E-state index in [1.807, 2.05) is 37.3 Å². The number of sulfonamides is 1. The summed E-state index contributed by atoms with van der Waals surface area (Å²) in [5, 5.41) is 6.42. The normalized spacial score (nSPS) is 13.2. The number of halogens is 1. The summed E-state index contributed by atoms with van der Waals surface area (Å²) in [6.07, 6.45) is 0. The van der Waals surface area contributed by atoms with Crippen molar-refractivity contribution in [1.82, 2.24) is 15.4 Å². The Morgan fingerprint density at radius 1 is 1.16 bits per heavy atom. The van der Waals surface area contributed by atoms with Crippen molar-refractivity contribution in [3.8, 4) is 0 Å². The van der Waals surface area contributed by atoms with Crippen LogP contribution in [0.25, 0.3) is 0 Å². The molecule has 0 radical (unpaired) electrons. The van der Waals surface area contributed by atoms with Crippen LogP contribution in [0.1, 0.15) is 33.3 Å². The molecule has 25 heavy (non-hydrogen) atoms. The fourth-order valence-corrected chi connectivity index (χ4v) is 2.70. The third kappa shape index (κ3) is 10.7. The van der Waals surface area contributed by atoms with E-state index in [-0.39, 0.29) is 42.3 Å². The number of rotatable bonds is 9. The first-order valence-electron chi connectivity index (χ1n) is 8.40. The second-order valence-corrected chi connectivity index (χ2v) is 7.99. The molecule has 0 spiro atoms. The van der Waals surface area contributed by atoms with Crippen LogP contribution in [-0.2, 0) is 16.6 Å². The van der Waals surface area contributed by atoms with Crippen LogP contribution in [0.4, 0.5) is 0 Å². The summed E-state index contributed by atoms with van der Waals surface area (Å²) in [4.78, 5) is 4.35. The van der Waals surface area contributed by atoms with E-state index in [0.29, 0.717) is 18.4 Å². The van der Waals surface area contributed by atoms with Gasteiger partial charge in [0.1, 0.15) is 0 Å². The molecule has 0 amide bonds. The lowest BCUT2D eigenvalue weighted by molar-refractivity contribution is 0.481. The van der Waals surface area contributed by atoms with Gasteiger partial charge in [0, 0.05) is 19.1 Å². The molecule has 1 rings (SSSR count). The summed E-state index contributed by atoms with van der Waals surface area (Å²) < 4.78 is 26.7. The van der Waals surface area contributed by atoms with Crippen molar-refractivity contribution >= 4 is 40.0 Å². The lowest BCUT2D eigenvalue weighted by atomic mass is 10.1. The number of benzene rings is 1. The monoisotopic (exact) mass is 482 g/mol.